The minimum Gasteiger partial charge on any atom is -0.375 e. The molecule has 0 heterocycles. The van der Waals surface area contributed by atoms with Gasteiger partial charge in [-0.25, -0.2) is 4.39 Å². The fourth-order valence-electron chi connectivity index (χ4n) is 2.03. The van der Waals surface area contributed by atoms with Crippen LogP contribution in [0.1, 0.15) is 15.9 Å². The molecule has 2 rings (SSSR count). The lowest BCUT2D eigenvalue weighted by molar-refractivity contribution is -0.384. The van der Waals surface area contributed by atoms with Crippen LogP contribution in [-0.2, 0) is 6.54 Å². The number of carbonyl (C=O) groups excluding carboxylic acids is 1. The third kappa shape index (κ3) is 4.03. The number of nitrogens with one attached hydrogen (secondary N) is 1. The molecule has 0 aliphatic carbocycles. The molecule has 0 aliphatic rings. The summed E-state index contributed by atoms with van der Waals surface area (Å²) in [5.74, 6) is -0.657. The Balaban J connectivity index is 2.11. The van der Waals surface area contributed by atoms with Gasteiger partial charge in [0.25, 0.3) is 11.6 Å². The molecular weight excluding hydrogens is 301 g/mol. The molecule has 0 saturated carbocycles. The highest BCUT2D eigenvalue weighted by Crippen LogP contribution is 2.25. The first kappa shape index (κ1) is 16.4. The van der Waals surface area contributed by atoms with E-state index in [9.17, 15) is 19.3 Å². The van der Waals surface area contributed by atoms with Crippen LogP contribution in [0.3, 0.4) is 0 Å². The Morgan fingerprint density at radius 1 is 1.22 bits per heavy atom. The van der Waals surface area contributed by atoms with E-state index in [1.807, 2.05) is 0 Å². The van der Waals surface area contributed by atoms with Gasteiger partial charge in [0.15, 0.2) is 0 Å². The summed E-state index contributed by atoms with van der Waals surface area (Å²) in [6.45, 7) is 0.279. The molecule has 1 amide bonds. The maximum absolute atomic E-state index is 13.2. The molecule has 0 aliphatic heterocycles. The number of rotatable bonds is 5. The molecule has 0 aromatic heterocycles. The minimum absolute atomic E-state index is 0.106. The zero-order chi connectivity index (χ0) is 17.0. The standard InChI is InChI=1S/C16H16FN3O3/c1-19(2)16(21)12-5-3-11(4-6-12)10-18-14-9-13(17)7-8-15(14)20(22)23/h3-9,18H,10H2,1-2H3. The zero-order valence-corrected chi connectivity index (χ0v) is 12.7. The lowest BCUT2D eigenvalue weighted by Gasteiger charge is -2.11. The van der Waals surface area contributed by atoms with Crippen LogP contribution in [0.2, 0.25) is 0 Å². The molecular formula is C16H16FN3O3. The molecule has 0 fully saturated rings. The van der Waals surface area contributed by atoms with Gasteiger partial charge >= 0.3 is 0 Å². The van der Waals surface area contributed by atoms with Gasteiger partial charge < -0.3 is 10.2 Å². The van der Waals surface area contributed by atoms with Gasteiger partial charge in [-0.2, -0.15) is 0 Å². The van der Waals surface area contributed by atoms with E-state index in [1.54, 1.807) is 38.4 Å². The number of halogens is 1. The van der Waals surface area contributed by atoms with Crippen LogP contribution in [0.25, 0.3) is 0 Å². The third-order valence-corrected chi connectivity index (χ3v) is 3.25. The first-order chi connectivity index (χ1) is 10.9. The largest absolute Gasteiger partial charge is 0.375 e. The van der Waals surface area contributed by atoms with Crippen LogP contribution >= 0.6 is 0 Å². The molecule has 0 bridgehead atoms. The van der Waals surface area contributed by atoms with E-state index < -0.39 is 10.7 Å². The van der Waals surface area contributed by atoms with Crippen molar-refractivity contribution >= 4 is 17.3 Å². The van der Waals surface area contributed by atoms with Crippen molar-refractivity contribution < 1.29 is 14.1 Å². The maximum atomic E-state index is 13.2. The van der Waals surface area contributed by atoms with E-state index in [1.165, 1.54) is 4.90 Å². The summed E-state index contributed by atoms with van der Waals surface area (Å²) in [5.41, 5.74) is 1.30. The fourth-order valence-corrected chi connectivity index (χ4v) is 2.03. The molecule has 0 unspecified atom stereocenters. The van der Waals surface area contributed by atoms with Crippen molar-refractivity contribution in [1.29, 1.82) is 0 Å². The number of amides is 1. The topological polar surface area (TPSA) is 75.5 Å². The summed E-state index contributed by atoms with van der Waals surface area (Å²) in [6, 6.07) is 10.1. The van der Waals surface area contributed by atoms with Crippen LogP contribution < -0.4 is 5.32 Å². The fraction of sp³-hybridized carbons (Fsp3) is 0.188. The number of carbonyl (C=O) groups is 1. The Morgan fingerprint density at radius 2 is 1.87 bits per heavy atom. The van der Waals surface area contributed by atoms with Gasteiger partial charge in [-0.05, 0) is 23.8 Å². The van der Waals surface area contributed by atoms with Crippen molar-refractivity contribution in [3.8, 4) is 0 Å². The first-order valence-electron chi connectivity index (χ1n) is 6.87. The second kappa shape index (κ2) is 6.87. The Kier molecular flexibility index (Phi) is 4.90. The van der Waals surface area contributed by atoms with Gasteiger partial charge in [0.1, 0.15) is 11.5 Å². The molecule has 0 atom stereocenters. The smallest absolute Gasteiger partial charge is 0.292 e. The second-order valence-electron chi connectivity index (χ2n) is 5.17. The number of anilines is 1. The zero-order valence-electron chi connectivity index (χ0n) is 12.7. The molecule has 7 heteroatoms. The number of nitro groups is 1. The van der Waals surface area contributed by atoms with Gasteiger partial charge in [0, 0.05) is 38.3 Å². The predicted octanol–water partition coefficient (Wildman–Crippen LogP) is 3.05. The highest BCUT2D eigenvalue weighted by atomic mass is 19.1. The normalized spacial score (nSPS) is 10.2. The van der Waals surface area contributed by atoms with Gasteiger partial charge in [0.2, 0.25) is 0 Å². The maximum Gasteiger partial charge on any atom is 0.292 e. The Hall–Kier alpha value is -2.96. The molecule has 2 aromatic rings. The van der Waals surface area contributed by atoms with E-state index in [2.05, 4.69) is 5.32 Å². The SMILES string of the molecule is CN(C)C(=O)c1ccc(CNc2cc(F)ccc2[N+](=O)[O-])cc1. The van der Waals surface area contributed by atoms with Crippen LogP contribution in [0.5, 0.6) is 0 Å². The lowest BCUT2D eigenvalue weighted by Crippen LogP contribution is -2.21. The number of hydrogen-bond acceptors (Lipinski definition) is 4. The molecule has 1 N–H and O–H groups in total. The number of nitro benzene ring substituents is 1. The summed E-state index contributed by atoms with van der Waals surface area (Å²) in [6.07, 6.45) is 0. The van der Waals surface area contributed by atoms with E-state index >= 15 is 0 Å². The van der Waals surface area contributed by atoms with Gasteiger partial charge in [-0.3, -0.25) is 14.9 Å². The molecule has 0 spiro atoms. The minimum atomic E-state index is -0.569. The van der Waals surface area contributed by atoms with E-state index in [-0.39, 0.29) is 23.8 Å². The summed E-state index contributed by atoms with van der Waals surface area (Å²) in [5, 5.41) is 13.8. The molecule has 2 aromatic carbocycles. The summed E-state index contributed by atoms with van der Waals surface area (Å²) >= 11 is 0. The highest BCUT2D eigenvalue weighted by Gasteiger charge is 2.14. The van der Waals surface area contributed by atoms with Gasteiger partial charge in [-0.1, -0.05) is 12.1 Å². The van der Waals surface area contributed by atoms with Crippen molar-refractivity contribution in [2.24, 2.45) is 0 Å². The number of nitrogens with zero attached hydrogens (tertiary/aromatic N) is 2. The average Bonchev–Trinajstić information content (AvgIpc) is 2.52. The Bertz CT molecular complexity index is 730. The van der Waals surface area contributed by atoms with E-state index in [0.717, 1.165) is 23.8 Å². The summed E-state index contributed by atoms with van der Waals surface area (Å²) in [4.78, 5) is 23.6. The number of hydrogen-bond donors (Lipinski definition) is 1. The Morgan fingerprint density at radius 3 is 2.43 bits per heavy atom. The van der Waals surface area contributed by atoms with E-state index in [0.29, 0.717) is 5.56 Å². The second-order valence-corrected chi connectivity index (χ2v) is 5.17. The third-order valence-electron chi connectivity index (χ3n) is 3.25. The van der Waals surface area contributed by atoms with Crippen molar-refractivity contribution in [1.82, 2.24) is 4.90 Å². The molecule has 23 heavy (non-hydrogen) atoms. The average molecular weight is 317 g/mol. The quantitative estimate of drug-likeness (QED) is 0.679. The first-order valence-corrected chi connectivity index (χ1v) is 6.87. The van der Waals surface area contributed by atoms with Crippen LogP contribution in [0.4, 0.5) is 15.8 Å². The van der Waals surface area contributed by atoms with Crippen molar-refractivity contribution in [3.05, 3.63) is 69.5 Å². The van der Waals surface area contributed by atoms with Crippen molar-refractivity contribution in [2.45, 2.75) is 6.54 Å². The molecule has 120 valence electrons. The predicted molar refractivity (Wildman–Crippen MR) is 84.8 cm³/mol. The van der Waals surface area contributed by atoms with E-state index in [4.69, 9.17) is 0 Å². The van der Waals surface area contributed by atoms with Gasteiger partial charge in [0.05, 0.1) is 4.92 Å². The lowest BCUT2D eigenvalue weighted by atomic mass is 10.1. The highest BCUT2D eigenvalue weighted by molar-refractivity contribution is 5.93. The molecule has 6 nitrogen and oxygen atoms in total. The summed E-state index contributed by atoms with van der Waals surface area (Å²) in [7, 11) is 3.34. The van der Waals surface area contributed by atoms with Crippen LogP contribution in [-0.4, -0.2) is 29.8 Å². The molecule has 0 saturated heterocycles. The monoisotopic (exact) mass is 317 g/mol. The Labute approximate surface area is 132 Å². The molecule has 0 radical (unpaired) electrons. The van der Waals surface area contributed by atoms with Crippen LogP contribution in [0, 0.1) is 15.9 Å². The van der Waals surface area contributed by atoms with Crippen molar-refractivity contribution in [3.63, 3.8) is 0 Å². The van der Waals surface area contributed by atoms with Crippen molar-refractivity contribution in [2.75, 3.05) is 19.4 Å². The number of benzene rings is 2. The summed E-state index contributed by atoms with van der Waals surface area (Å²) < 4.78 is 13.2. The van der Waals surface area contributed by atoms with Crippen LogP contribution in [0.15, 0.2) is 42.5 Å². The van der Waals surface area contributed by atoms with Gasteiger partial charge in [-0.15, -0.1) is 0 Å².